The summed E-state index contributed by atoms with van der Waals surface area (Å²) in [5.41, 5.74) is -1.68. The third-order valence-corrected chi connectivity index (χ3v) is 7.73. The van der Waals surface area contributed by atoms with Gasteiger partial charge in [0.25, 0.3) is 5.92 Å². The summed E-state index contributed by atoms with van der Waals surface area (Å²) in [7, 11) is -4.30. The Hall–Kier alpha value is -2.80. The first-order chi connectivity index (χ1) is 14.0. The van der Waals surface area contributed by atoms with E-state index in [1.165, 1.54) is 19.1 Å². The second-order valence-corrected chi connectivity index (χ2v) is 9.79. The molecule has 30 heavy (non-hydrogen) atoms. The molecule has 2 aliphatic rings. The van der Waals surface area contributed by atoms with Gasteiger partial charge >= 0.3 is 0 Å². The highest BCUT2D eigenvalue weighted by atomic mass is 32.2. The van der Waals surface area contributed by atoms with Crippen molar-refractivity contribution in [3.8, 4) is 6.07 Å². The summed E-state index contributed by atoms with van der Waals surface area (Å²) in [4.78, 5) is 25.3. The number of sulfone groups is 1. The number of alkyl halides is 2. The van der Waals surface area contributed by atoms with Crippen molar-refractivity contribution < 1.29 is 26.8 Å². The lowest BCUT2D eigenvalue weighted by Gasteiger charge is -2.23. The topological polar surface area (TPSA) is 107 Å². The zero-order chi connectivity index (χ0) is 22.3. The number of carbonyl (C=O) groups excluding carboxylic acids is 2. The minimum absolute atomic E-state index is 0.247. The number of nitriles is 1. The van der Waals surface area contributed by atoms with Crippen LogP contribution in [0.15, 0.2) is 41.8 Å². The van der Waals surface area contributed by atoms with E-state index in [0.717, 1.165) is 17.0 Å². The van der Waals surface area contributed by atoms with Crippen molar-refractivity contribution in [1.29, 1.82) is 5.26 Å². The normalized spacial score (nSPS) is 22.8. The summed E-state index contributed by atoms with van der Waals surface area (Å²) in [5.74, 6) is -4.70. The van der Waals surface area contributed by atoms with E-state index in [9.17, 15) is 26.8 Å². The Balaban J connectivity index is 1.93. The average molecular weight is 437 g/mol. The Kier molecular flexibility index (Phi) is 5.45. The molecule has 1 aliphatic carbocycles. The zero-order valence-electron chi connectivity index (χ0n) is 16.3. The van der Waals surface area contributed by atoms with Crippen molar-refractivity contribution in [1.82, 2.24) is 10.2 Å². The zero-order valence-corrected chi connectivity index (χ0v) is 17.1. The van der Waals surface area contributed by atoms with Gasteiger partial charge in [-0.1, -0.05) is 24.8 Å². The highest BCUT2D eigenvalue weighted by Gasteiger charge is 2.50. The van der Waals surface area contributed by atoms with Crippen LogP contribution < -0.4 is 5.32 Å². The SMILES string of the molecule is C=CC(F)(F)c1ccccc1S(=O)(=O)[C@@H]1C[C@@H](C(=O)NC2(C#N)CC2)N(C(C)=O)C1. The summed E-state index contributed by atoms with van der Waals surface area (Å²) in [6.45, 7) is 3.97. The van der Waals surface area contributed by atoms with Gasteiger partial charge in [-0.2, -0.15) is 14.0 Å². The third kappa shape index (κ3) is 3.81. The van der Waals surface area contributed by atoms with Gasteiger partial charge in [0.05, 0.1) is 16.2 Å². The minimum Gasteiger partial charge on any atom is -0.336 e. The van der Waals surface area contributed by atoms with Crippen LogP contribution in [-0.4, -0.2) is 48.5 Å². The van der Waals surface area contributed by atoms with Crippen molar-refractivity contribution in [3.05, 3.63) is 42.5 Å². The summed E-state index contributed by atoms with van der Waals surface area (Å²) < 4.78 is 55.0. The summed E-state index contributed by atoms with van der Waals surface area (Å²) >= 11 is 0. The molecule has 1 aromatic rings. The molecule has 1 aliphatic heterocycles. The number of hydrogen-bond acceptors (Lipinski definition) is 5. The van der Waals surface area contributed by atoms with Gasteiger partial charge < -0.3 is 10.2 Å². The van der Waals surface area contributed by atoms with Gasteiger partial charge in [0.15, 0.2) is 9.84 Å². The predicted molar refractivity (Wildman–Crippen MR) is 103 cm³/mol. The molecule has 2 atom stereocenters. The number of hydrogen-bond donors (Lipinski definition) is 1. The Morgan fingerprint density at radius 1 is 1.37 bits per heavy atom. The minimum atomic E-state index is -4.30. The molecule has 0 unspecified atom stereocenters. The number of rotatable bonds is 6. The fourth-order valence-corrected chi connectivity index (χ4v) is 5.54. The number of halogens is 2. The van der Waals surface area contributed by atoms with Gasteiger partial charge in [-0.25, -0.2) is 8.42 Å². The van der Waals surface area contributed by atoms with E-state index in [2.05, 4.69) is 11.9 Å². The quantitative estimate of drug-likeness (QED) is 0.684. The molecule has 2 fully saturated rings. The maximum absolute atomic E-state index is 14.3. The van der Waals surface area contributed by atoms with Gasteiger partial charge in [-0.3, -0.25) is 9.59 Å². The molecule has 1 aromatic carbocycles. The first-order valence-electron chi connectivity index (χ1n) is 9.33. The van der Waals surface area contributed by atoms with Gasteiger partial charge in [0.2, 0.25) is 11.8 Å². The molecule has 1 saturated carbocycles. The molecular formula is C20H21F2N3O4S. The molecule has 2 amide bonds. The Labute approximate surface area is 173 Å². The molecule has 0 aromatic heterocycles. The van der Waals surface area contributed by atoms with E-state index in [-0.39, 0.29) is 13.0 Å². The highest BCUT2D eigenvalue weighted by molar-refractivity contribution is 7.92. The van der Waals surface area contributed by atoms with E-state index in [0.29, 0.717) is 18.9 Å². The molecule has 7 nitrogen and oxygen atoms in total. The lowest BCUT2D eigenvalue weighted by atomic mass is 10.1. The smallest absolute Gasteiger partial charge is 0.292 e. The fraction of sp³-hybridized carbons (Fsp3) is 0.450. The number of amides is 2. The van der Waals surface area contributed by atoms with E-state index in [1.54, 1.807) is 0 Å². The maximum Gasteiger partial charge on any atom is 0.292 e. The first-order valence-corrected chi connectivity index (χ1v) is 10.9. The lowest BCUT2D eigenvalue weighted by molar-refractivity contribution is -0.137. The second kappa shape index (κ2) is 7.47. The van der Waals surface area contributed by atoms with Gasteiger partial charge in [0, 0.05) is 19.0 Å². The number of likely N-dealkylation sites (tertiary alicyclic amines) is 1. The fourth-order valence-electron chi connectivity index (χ4n) is 3.61. The Bertz CT molecular complexity index is 1040. The van der Waals surface area contributed by atoms with Crippen molar-refractivity contribution in [2.24, 2.45) is 0 Å². The number of nitrogens with one attached hydrogen (secondary N) is 1. The monoisotopic (exact) mass is 437 g/mol. The Morgan fingerprint density at radius 3 is 2.53 bits per heavy atom. The maximum atomic E-state index is 14.3. The van der Waals surface area contributed by atoms with E-state index in [1.807, 2.05) is 6.07 Å². The summed E-state index contributed by atoms with van der Waals surface area (Å²) in [6.07, 6.45) is 1.08. The summed E-state index contributed by atoms with van der Waals surface area (Å²) in [6, 6.07) is 5.64. The molecule has 3 rings (SSSR count). The molecule has 10 heteroatoms. The third-order valence-electron chi connectivity index (χ3n) is 5.54. The Morgan fingerprint density at radius 2 is 2.00 bits per heavy atom. The van der Waals surface area contributed by atoms with E-state index >= 15 is 0 Å². The predicted octanol–water partition coefficient (Wildman–Crippen LogP) is 1.90. The molecule has 1 heterocycles. The van der Waals surface area contributed by atoms with E-state index < -0.39 is 54.9 Å². The molecular weight excluding hydrogens is 416 g/mol. The van der Waals surface area contributed by atoms with Crippen LogP contribution >= 0.6 is 0 Å². The van der Waals surface area contributed by atoms with Crippen LogP contribution in [0.25, 0.3) is 0 Å². The largest absolute Gasteiger partial charge is 0.336 e. The molecule has 0 bridgehead atoms. The summed E-state index contributed by atoms with van der Waals surface area (Å²) in [5, 5.41) is 10.5. The van der Waals surface area contributed by atoms with Gasteiger partial charge in [-0.15, -0.1) is 0 Å². The molecule has 0 radical (unpaired) electrons. The molecule has 0 spiro atoms. The van der Waals surface area contributed by atoms with Crippen LogP contribution in [0.5, 0.6) is 0 Å². The number of nitrogens with zero attached hydrogens (tertiary/aromatic N) is 2. The average Bonchev–Trinajstić information content (AvgIpc) is 3.32. The molecule has 1 saturated heterocycles. The second-order valence-electron chi connectivity index (χ2n) is 7.60. The van der Waals surface area contributed by atoms with Crippen LogP contribution in [0.2, 0.25) is 0 Å². The van der Waals surface area contributed by atoms with Crippen LogP contribution in [-0.2, 0) is 25.3 Å². The van der Waals surface area contributed by atoms with Crippen molar-refractivity contribution >= 4 is 21.7 Å². The van der Waals surface area contributed by atoms with Gasteiger partial charge in [-0.05, 0) is 31.4 Å². The number of allylic oxidation sites excluding steroid dienone is 1. The van der Waals surface area contributed by atoms with E-state index in [4.69, 9.17) is 5.26 Å². The van der Waals surface area contributed by atoms with Crippen molar-refractivity contribution in [3.63, 3.8) is 0 Å². The van der Waals surface area contributed by atoms with Crippen molar-refractivity contribution in [2.75, 3.05) is 6.54 Å². The first kappa shape index (κ1) is 21.9. The number of carbonyl (C=O) groups is 2. The van der Waals surface area contributed by atoms with Crippen LogP contribution in [0.3, 0.4) is 0 Å². The highest BCUT2D eigenvalue weighted by Crippen LogP contribution is 2.38. The lowest BCUT2D eigenvalue weighted by Crippen LogP contribution is -2.48. The molecule has 160 valence electrons. The van der Waals surface area contributed by atoms with Gasteiger partial charge in [0.1, 0.15) is 11.6 Å². The van der Waals surface area contributed by atoms with Crippen LogP contribution in [0, 0.1) is 11.3 Å². The van der Waals surface area contributed by atoms with Crippen molar-refractivity contribution in [2.45, 2.75) is 53.8 Å². The van der Waals surface area contributed by atoms with Crippen LogP contribution in [0.4, 0.5) is 8.78 Å². The molecule has 1 N–H and O–H groups in total. The standard InChI is InChI=1S/C20H21F2N3O4S/c1-3-20(21,22)15-6-4-5-7-17(15)30(28,29)14-10-16(25(11-14)13(2)26)18(27)24-19(12-23)8-9-19/h3-7,14,16H,1,8-11H2,2H3,(H,24,27)/t14-,16+/m1/s1. The number of benzene rings is 1. The van der Waals surface area contributed by atoms with Crippen LogP contribution in [0.1, 0.15) is 31.7 Å².